The molecule has 1 amide bonds. The number of primary amides is 1. The topological polar surface area (TPSA) is 68.0 Å². The molecular weight excluding hydrogens is 190 g/mol. The van der Waals surface area contributed by atoms with Crippen LogP contribution in [0, 0.1) is 0 Å². The largest absolute Gasteiger partial charge is 0.370 e. The second-order valence-corrected chi connectivity index (χ2v) is 3.42. The minimum Gasteiger partial charge on any atom is -0.370 e. The molecular formula is C11H17N3O. The van der Waals surface area contributed by atoms with Gasteiger partial charge in [-0.15, -0.1) is 0 Å². The van der Waals surface area contributed by atoms with Crippen LogP contribution in [0.3, 0.4) is 0 Å². The third-order valence-corrected chi connectivity index (χ3v) is 2.06. The molecule has 1 aromatic heterocycles. The highest BCUT2D eigenvalue weighted by atomic mass is 16.1. The molecule has 4 nitrogen and oxygen atoms in total. The van der Waals surface area contributed by atoms with Gasteiger partial charge in [-0.3, -0.25) is 9.78 Å². The standard InChI is InChI=1S/C11H17N3O/c12-11(15)6-2-3-7-13-9-10-5-1-4-8-14-10/h1,4-5,8,13H,2-3,6-7,9H2,(H2,12,15). The van der Waals surface area contributed by atoms with E-state index in [1.807, 2.05) is 18.2 Å². The van der Waals surface area contributed by atoms with Gasteiger partial charge in [-0.25, -0.2) is 0 Å². The lowest BCUT2D eigenvalue weighted by atomic mass is 10.2. The molecule has 0 unspecified atom stereocenters. The summed E-state index contributed by atoms with van der Waals surface area (Å²) in [5.74, 6) is -0.222. The van der Waals surface area contributed by atoms with Crippen molar-refractivity contribution in [2.45, 2.75) is 25.8 Å². The molecule has 0 spiro atoms. The average molecular weight is 207 g/mol. The molecule has 4 heteroatoms. The van der Waals surface area contributed by atoms with E-state index in [-0.39, 0.29) is 5.91 Å². The maximum Gasteiger partial charge on any atom is 0.217 e. The molecule has 1 rings (SSSR count). The highest BCUT2D eigenvalue weighted by Gasteiger charge is 1.95. The van der Waals surface area contributed by atoms with Crippen molar-refractivity contribution in [3.8, 4) is 0 Å². The average Bonchev–Trinajstić information content (AvgIpc) is 2.24. The van der Waals surface area contributed by atoms with E-state index < -0.39 is 0 Å². The Hall–Kier alpha value is -1.42. The number of carbonyl (C=O) groups is 1. The van der Waals surface area contributed by atoms with Crippen molar-refractivity contribution in [2.75, 3.05) is 6.54 Å². The minimum atomic E-state index is -0.222. The fourth-order valence-corrected chi connectivity index (χ4v) is 1.27. The van der Waals surface area contributed by atoms with Gasteiger partial charge in [-0.1, -0.05) is 6.07 Å². The third-order valence-electron chi connectivity index (χ3n) is 2.06. The Morgan fingerprint density at radius 3 is 2.93 bits per heavy atom. The molecule has 0 aliphatic heterocycles. The van der Waals surface area contributed by atoms with E-state index in [0.717, 1.165) is 31.6 Å². The quantitative estimate of drug-likeness (QED) is 0.651. The van der Waals surface area contributed by atoms with Gasteiger partial charge in [0.05, 0.1) is 5.69 Å². The van der Waals surface area contributed by atoms with E-state index in [1.54, 1.807) is 6.20 Å². The number of pyridine rings is 1. The molecule has 82 valence electrons. The summed E-state index contributed by atoms with van der Waals surface area (Å²) in [5, 5.41) is 3.26. The first-order chi connectivity index (χ1) is 7.29. The zero-order valence-electron chi connectivity index (χ0n) is 8.78. The number of nitrogens with two attached hydrogens (primary N) is 1. The molecule has 3 N–H and O–H groups in total. The van der Waals surface area contributed by atoms with Crippen LogP contribution in [-0.2, 0) is 11.3 Å². The molecule has 0 radical (unpaired) electrons. The zero-order valence-corrected chi connectivity index (χ0v) is 8.78. The lowest BCUT2D eigenvalue weighted by Gasteiger charge is -2.03. The van der Waals surface area contributed by atoms with Crippen molar-refractivity contribution in [3.63, 3.8) is 0 Å². The normalized spacial score (nSPS) is 10.1. The number of amides is 1. The van der Waals surface area contributed by atoms with Crippen LogP contribution in [-0.4, -0.2) is 17.4 Å². The van der Waals surface area contributed by atoms with Crippen LogP contribution in [0.2, 0.25) is 0 Å². The summed E-state index contributed by atoms with van der Waals surface area (Å²) in [4.78, 5) is 14.6. The Labute approximate surface area is 89.9 Å². The molecule has 0 fully saturated rings. The summed E-state index contributed by atoms with van der Waals surface area (Å²) in [7, 11) is 0. The number of rotatable bonds is 7. The zero-order chi connectivity index (χ0) is 10.9. The molecule has 0 saturated heterocycles. The first kappa shape index (κ1) is 11.7. The van der Waals surface area contributed by atoms with E-state index >= 15 is 0 Å². The van der Waals surface area contributed by atoms with E-state index in [1.165, 1.54) is 0 Å². The molecule has 1 heterocycles. The molecule has 1 aromatic rings. The predicted molar refractivity (Wildman–Crippen MR) is 59.0 cm³/mol. The van der Waals surface area contributed by atoms with Crippen molar-refractivity contribution in [1.29, 1.82) is 0 Å². The van der Waals surface area contributed by atoms with Crippen LogP contribution in [0.25, 0.3) is 0 Å². The van der Waals surface area contributed by atoms with Gasteiger partial charge in [0.15, 0.2) is 0 Å². The van der Waals surface area contributed by atoms with Gasteiger partial charge in [-0.05, 0) is 31.5 Å². The van der Waals surface area contributed by atoms with Crippen LogP contribution >= 0.6 is 0 Å². The fraction of sp³-hybridized carbons (Fsp3) is 0.455. The summed E-state index contributed by atoms with van der Waals surface area (Å²) in [6.45, 7) is 1.67. The Balaban J connectivity index is 2.00. The van der Waals surface area contributed by atoms with Crippen LogP contribution in [0.4, 0.5) is 0 Å². The SMILES string of the molecule is NC(=O)CCCCNCc1ccccn1. The maximum atomic E-state index is 10.4. The first-order valence-corrected chi connectivity index (χ1v) is 5.18. The number of carbonyl (C=O) groups excluding carboxylic acids is 1. The van der Waals surface area contributed by atoms with Crippen molar-refractivity contribution < 1.29 is 4.79 Å². The molecule has 0 atom stereocenters. The second-order valence-electron chi connectivity index (χ2n) is 3.42. The van der Waals surface area contributed by atoms with Gasteiger partial charge in [-0.2, -0.15) is 0 Å². The van der Waals surface area contributed by atoms with Crippen molar-refractivity contribution in [2.24, 2.45) is 5.73 Å². The lowest BCUT2D eigenvalue weighted by Crippen LogP contribution is -2.16. The Kier molecular flexibility index (Phi) is 5.40. The molecule has 15 heavy (non-hydrogen) atoms. The first-order valence-electron chi connectivity index (χ1n) is 5.18. The van der Waals surface area contributed by atoms with E-state index in [9.17, 15) is 4.79 Å². The van der Waals surface area contributed by atoms with Gasteiger partial charge in [0, 0.05) is 19.2 Å². The van der Waals surface area contributed by atoms with E-state index in [0.29, 0.717) is 6.42 Å². The monoisotopic (exact) mass is 207 g/mol. The fourth-order valence-electron chi connectivity index (χ4n) is 1.27. The number of aromatic nitrogens is 1. The maximum absolute atomic E-state index is 10.4. The number of hydrogen-bond acceptors (Lipinski definition) is 3. The summed E-state index contributed by atoms with van der Waals surface area (Å²) in [6.07, 6.45) is 4.08. The number of nitrogens with one attached hydrogen (secondary N) is 1. The van der Waals surface area contributed by atoms with Gasteiger partial charge in [0.1, 0.15) is 0 Å². The highest BCUT2D eigenvalue weighted by molar-refractivity contribution is 5.73. The highest BCUT2D eigenvalue weighted by Crippen LogP contribution is 1.95. The Bertz CT molecular complexity index is 287. The Morgan fingerprint density at radius 2 is 2.27 bits per heavy atom. The second kappa shape index (κ2) is 6.95. The molecule has 0 aliphatic rings. The molecule has 0 bridgehead atoms. The van der Waals surface area contributed by atoms with Crippen LogP contribution in [0.1, 0.15) is 25.0 Å². The van der Waals surface area contributed by atoms with Gasteiger partial charge >= 0.3 is 0 Å². The molecule has 0 saturated carbocycles. The van der Waals surface area contributed by atoms with Crippen molar-refractivity contribution in [1.82, 2.24) is 10.3 Å². The summed E-state index contributed by atoms with van der Waals surface area (Å²) >= 11 is 0. The Morgan fingerprint density at radius 1 is 1.40 bits per heavy atom. The predicted octanol–water partition coefficient (Wildman–Crippen LogP) is 0.827. The van der Waals surface area contributed by atoms with Gasteiger partial charge in [0.2, 0.25) is 5.91 Å². The van der Waals surface area contributed by atoms with Crippen LogP contribution < -0.4 is 11.1 Å². The van der Waals surface area contributed by atoms with Crippen LogP contribution in [0.5, 0.6) is 0 Å². The smallest absolute Gasteiger partial charge is 0.217 e. The molecule has 0 aromatic carbocycles. The number of unbranched alkanes of at least 4 members (excludes halogenated alkanes) is 1. The lowest BCUT2D eigenvalue weighted by molar-refractivity contribution is -0.118. The summed E-state index contributed by atoms with van der Waals surface area (Å²) in [6, 6.07) is 5.85. The minimum absolute atomic E-state index is 0.222. The summed E-state index contributed by atoms with van der Waals surface area (Å²) in [5.41, 5.74) is 6.06. The van der Waals surface area contributed by atoms with Crippen molar-refractivity contribution in [3.05, 3.63) is 30.1 Å². The molecule has 0 aliphatic carbocycles. The van der Waals surface area contributed by atoms with Gasteiger partial charge < -0.3 is 11.1 Å². The van der Waals surface area contributed by atoms with Crippen LogP contribution in [0.15, 0.2) is 24.4 Å². The van der Waals surface area contributed by atoms with E-state index in [4.69, 9.17) is 5.73 Å². The number of nitrogens with zero attached hydrogens (tertiary/aromatic N) is 1. The van der Waals surface area contributed by atoms with E-state index in [2.05, 4.69) is 10.3 Å². The van der Waals surface area contributed by atoms with Gasteiger partial charge in [0.25, 0.3) is 0 Å². The third kappa shape index (κ3) is 5.80. The number of hydrogen-bond donors (Lipinski definition) is 2. The van der Waals surface area contributed by atoms with Crippen molar-refractivity contribution >= 4 is 5.91 Å². The summed E-state index contributed by atoms with van der Waals surface area (Å²) < 4.78 is 0.